The molecule has 5 heteroatoms. The maximum atomic E-state index is 11.1. The van der Waals surface area contributed by atoms with Gasteiger partial charge in [-0.15, -0.1) is 0 Å². The molecule has 1 aliphatic carbocycles. The largest absolute Gasteiger partial charge is 0.393 e. The normalized spacial score (nSPS) is 27.2. The summed E-state index contributed by atoms with van der Waals surface area (Å²) in [5.74, 6) is 0.714. The van der Waals surface area contributed by atoms with Gasteiger partial charge in [-0.3, -0.25) is 10.1 Å². The number of hydrogen-bond acceptors (Lipinski definition) is 3. The van der Waals surface area contributed by atoms with Gasteiger partial charge >= 0.3 is 0 Å². The molecule has 1 fully saturated rings. The van der Waals surface area contributed by atoms with E-state index in [-0.39, 0.29) is 22.6 Å². The van der Waals surface area contributed by atoms with Crippen LogP contribution in [-0.4, -0.2) is 16.1 Å². The van der Waals surface area contributed by atoms with Crippen molar-refractivity contribution in [1.29, 1.82) is 0 Å². The molecule has 1 aromatic carbocycles. The van der Waals surface area contributed by atoms with Crippen LogP contribution in [0.5, 0.6) is 0 Å². The molecular weight excluding hydrogens is 310 g/mol. The summed E-state index contributed by atoms with van der Waals surface area (Å²) >= 11 is 3.26. The molecular formula is C14H18BrNO3. The summed E-state index contributed by atoms with van der Waals surface area (Å²) in [5, 5.41) is 21.1. The standard InChI is InChI=1S/C14H18BrNO3/c1-9-2-5-14(17)11(6-9)7-10-3-4-12(15)8-13(10)16(18)19/h3-4,8-9,11,14,17H,2,5-7H2,1H3. The minimum Gasteiger partial charge on any atom is -0.393 e. The molecule has 104 valence electrons. The third-order valence-electron chi connectivity index (χ3n) is 3.93. The van der Waals surface area contributed by atoms with Gasteiger partial charge in [0.1, 0.15) is 0 Å². The van der Waals surface area contributed by atoms with Crippen LogP contribution in [0.4, 0.5) is 5.69 Å². The Balaban J connectivity index is 2.20. The number of nitro groups is 1. The molecule has 0 aliphatic heterocycles. The topological polar surface area (TPSA) is 63.4 Å². The number of hydrogen-bond donors (Lipinski definition) is 1. The average molecular weight is 328 g/mol. The number of aliphatic hydroxyl groups excluding tert-OH is 1. The summed E-state index contributed by atoms with van der Waals surface area (Å²) in [5.41, 5.74) is 0.853. The second kappa shape index (κ2) is 6.01. The third kappa shape index (κ3) is 3.54. The molecule has 0 bridgehead atoms. The minimum atomic E-state index is -0.348. The first kappa shape index (κ1) is 14.5. The van der Waals surface area contributed by atoms with Gasteiger partial charge in [-0.2, -0.15) is 0 Å². The lowest BCUT2D eigenvalue weighted by Gasteiger charge is -2.31. The monoisotopic (exact) mass is 327 g/mol. The van der Waals surface area contributed by atoms with Gasteiger partial charge in [-0.05, 0) is 43.6 Å². The average Bonchev–Trinajstić information content (AvgIpc) is 2.35. The van der Waals surface area contributed by atoms with E-state index in [0.717, 1.165) is 19.3 Å². The number of aliphatic hydroxyl groups is 1. The van der Waals surface area contributed by atoms with E-state index < -0.39 is 0 Å². The van der Waals surface area contributed by atoms with Gasteiger partial charge in [-0.25, -0.2) is 0 Å². The molecule has 0 radical (unpaired) electrons. The number of benzene rings is 1. The highest BCUT2D eigenvalue weighted by atomic mass is 79.9. The zero-order valence-corrected chi connectivity index (χ0v) is 12.5. The van der Waals surface area contributed by atoms with E-state index in [1.807, 2.05) is 6.07 Å². The van der Waals surface area contributed by atoms with Crippen molar-refractivity contribution in [3.8, 4) is 0 Å². The smallest absolute Gasteiger partial charge is 0.273 e. The van der Waals surface area contributed by atoms with Crippen LogP contribution in [0.2, 0.25) is 0 Å². The van der Waals surface area contributed by atoms with Crippen molar-refractivity contribution in [2.75, 3.05) is 0 Å². The Hall–Kier alpha value is -0.940. The fourth-order valence-corrected chi connectivity index (χ4v) is 3.21. The van der Waals surface area contributed by atoms with Crippen LogP contribution in [0.15, 0.2) is 22.7 Å². The molecule has 2 rings (SSSR count). The lowest BCUT2D eigenvalue weighted by Crippen LogP contribution is -2.29. The van der Waals surface area contributed by atoms with Gasteiger partial charge in [0.05, 0.1) is 11.0 Å². The van der Waals surface area contributed by atoms with Crippen molar-refractivity contribution in [3.63, 3.8) is 0 Å². The summed E-state index contributed by atoms with van der Waals surface area (Å²) in [6, 6.07) is 5.14. The first-order valence-corrected chi connectivity index (χ1v) is 7.37. The second-order valence-electron chi connectivity index (χ2n) is 5.48. The number of nitrogens with zero attached hydrogens (tertiary/aromatic N) is 1. The molecule has 1 aromatic rings. The van der Waals surface area contributed by atoms with E-state index in [2.05, 4.69) is 22.9 Å². The molecule has 0 saturated heterocycles. The molecule has 0 aromatic heterocycles. The molecule has 3 atom stereocenters. The molecule has 1 saturated carbocycles. The van der Waals surface area contributed by atoms with Gasteiger partial charge in [0.2, 0.25) is 0 Å². The predicted molar refractivity (Wildman–Crippen MR) is 77.0 cm³/mol. The van der Waals surface area contributed by atoms with Gasteiger partial charge in [0.25, 0.3) is 5.69 Å². The molecule has 3 unspecified atom stereocenters. The zero-order valence-electron chi connectivity index (χ0n) is 10.9. The summed E-state index contributed by atoms with van der Waals surface area (Å²) < 4.78 is 0.709. The first-order chi connectivity index (χ1) is 8.97. The third-order valence-corrected chi connectivity index (χ3v) is 4.42. The maximum Gasteiger partial charge on any atom is 0.273 e. The molecule has 1 N–H and O–H groups in total. The second-order valence-corrected chi connectivity index (χ2v) is 6.40. The van der Waals surface area contributed by atoms with Crippen molar-refractivity contribution in [2.24, 2.45) is 11.8 Å². The van der Waals surface area contributed by atoms with Gasteiger partial charge < -0.3 is 5.11 Å². The van der Waals surface area contributed by atoms with Crippen LogP contribution in [0.1, 0.15) is 31.7 Å². The van der Waals surface area contributed by atoms with Crippen LogP contribution in [-0.2, 0) is 6.42 Å². The Bertz CT molecular complexity index is 478. The van der Waals surface area contributed by atoms with Crippen LogP contribution in [0.3, 0.4) is 0 Å². The first-order valence-electron chi connectivity index (χ1n) is 6.58. The van der Waals surface area contributed by atoms with Gasteiger partial charge in [-0.1, -0.05) is 28.9 Å². The van der Waals surface area contributed by atoms with Crippen LogP contribution in [0.25, 0.3) is 0 Å². The maximum absolute atomic E-state index is 11.1. The Labute approximate surface area is 121 Å². The Morgan fingerprint density at radius 1 is 1.47 bits per heavy atom. The van der Waals surface area contributed by atoms with Crippen LogP contribution in [0, 0.1) is 22.0 Å². The van der Waals surface area contributed by atoms with E-state index in [1.54, 1.807) is 6.07 Å². The number of rotatable bonds is 3. The fraction of sp³-hybridized carbons (Fsp3) is 0.571. The summed E-state index contributed by atoms with van der Waals surface area (Å²) in [4.78, 5) is 10.7. The molecule has 19 heavy (non-hydrogen) atoms. The number of halogens is 1. The SMILES string of the molecule is CC1CCC(O)C(Cc2ccc(Br)cc2[N+](=O)[O-])C1. The van der Waals surface area contributed by atoms with Gasteiger partial charge in [0.15, 0.2) is 0 Å². The molecule has 1 aliphatic rings. The van der Waals surface area contributed by atoms with E-state index in [9.17, 15) is 15.2 Å². The molecule has 0 spiro atoms. The van der Waals surface area contributed by atoms with Crippen molar-refractivity contribution in [2.45, 2.75) is 38.7 Å². The van der Waals surface area contributed by atoms with E-state index in [4.69, 9.17) is 0 Å². The quantitative estimate of drug-likeness (QED) is 0.680. The molecule has 4 nitrogen and oxygen atoms in total. The highest BCUT2D eigenvalue weighted by molar-refractivity contribution is 9.10. The highest BCUT2D eigenvalue weighted by Gasteiger charge is 2.29. The van der Waals surface area contributed by atoms with E-state index >= 15 is 0 Å². The van der Waals surface area contributed by atoms with E-state index in [0.29, 0.717) is 22.4 Å². The molecule has 0 amide bonds. The van der Waals surface area contributed by atoms with Crippen molar-refractivity contribution < 1.29 is 10.0 Å². The Morgan fingerprint density at radius 2 is 2.21 bits per heavy atom. The van der Waals surface area contributed by atoms with E-state index in [1.165, 1.54) is 6.07 Å². The van der Waals surface area contributed by atoms with Gasteiger partial charge in [0, 0.05) is 16.1 Å². The number of nitro benzene ring substituents is 1. The predicted octanol–water partition coefficient (Wildman–Crippen LogP) is 3.70. The van der Waals surface area contributed by atoms with Crippen molar-refractivity contribution in [1.82, 2.24) is 0 Å². The molecule has 0 heterocycles. The lowest BCUT2D eigenvalue weighted by molar-refractivity contribution is -0.385. The summed E-state index contributed by atoms with van der Waals surface area (Å²) in [6.07, 6.45) is 3.03. The zero-order chi connectivity index (χ0) is 14.0. The Kier molecular flexibility index (Phi) is 4.58. The Morgan fingerprint density at radius 3 is 2.89 bits per heavy atom. The minimum absolute atomic E-state index is 0.128. The fourth-order valence-electron chi connectivity index (χ4n) is 2.86. The van der Waals surface area contributed by atoms with Crippen LogP contribution < -0.4 is 0 Å². The summed E-state index contributed by atoms with van der Waals surface area (Å²) in [6.45, 7) is 2.18. The lowest BCUT2D eigenvalue weighted by atomic mass is 9.77. The van der Waals surface area contributed by atoms with Crippen LogP contribution >= 0.6 is 15.9 Å². The highest BCUT2D eigenvalue weighted by Crippen LogP contribution is 2.34. The van der Waals surface area contributed by atoms with Crippen molar-refractivity contribution in [3.05, 3.63) is 38.3 Å². The summed E-state index contributed by atoms with van der Waals surface area (Å²) in [7, 11) is 0. The van der Waals surface area contributed by atoms with Crippen molar-refractivity contribution >= 4 is 21.6 Å².